The standard InChI is InChI=1S/C15H15FN2O/c1-10-12(6-4-8-14(10)17)15(19)18-9-11-5-2-3-7-13(11)16/h2-8H,9,17H2,1H3,(H,18,19). The van der Waals surface area contributed by atoms with Gasteiger partial charge >= 0.3 is 0 Å². The van der Waals surface area contributed by atoms with Crippen LogP contribution < -0.4 is 11.1 Å². The van der Waals surface area contributed by atoms with Crippen molar-refractivity contribution in [1.82, 2.24) is 5.32 Å². The highest BCUT2D eigenvalue weighted by atomic mass is 19.1. The van der Waals surface area contributed by atoms with Crippen molar-refractivity contribution in [3.8, 4) is 0 Å². The summed E-state index contributed by atoms with van der Waals surface area (Å²) in [6.07, 6.45) is 0. The number of hydrogen-bond acceptors (Lipinski definition) is 2. The van der Waals surface area contributed by atoms with Crippen LogP contribution in [0.25, 0.3) is 0 Å². The first-order chi connectivity index (χ1) is 9.09. The van der Waals surface area contributed by atoms with E-state index in [9.17, 15) is 9.18 Å². The van der Waals surface area contributed by atoms with E-state index in [1.165, 1.54) is 6.07 Å². The molecule has 0 saturated carbocycles. The largest absolute Gasteiger partial charge is 0.398 e. The van der Waals surface area contributed by atoms with Crippen LogP contribution in [0.3, 0.4) is 0 Å². The predicted molar refractivity (Wildman–Crippen MR) is 73.2 cm³/mol. The second kappa shape index (κ2) is 5.52. The Morgan fingerprint density at radius 2 is 1.95 bits per heavy atom. The lowest BCUT2D eigenvalue weighted by molar-refractivity contribution is 0.0950. The van der Waals surface area contributed by atoms with Crippen LogP contribution in [0.2, 0.25) is 0 Å². The van der Waals surface area contributed by atoms with Crippen molar-refractivity contribution < 1.29 is 9.18 Å². The minimum Gasteiger partial charge on any atom is -0.398 e. The highest BCUT2D eigenvalue weighted by Gasteiger charge is 2.10. The van der Waals surface area contributed by atoms with E-state index >= 15 is 0 Å². The number of hydrogen-bond donors (Lipinski definition) is 2. The number of anilines is 1. The molecule has 0 aliphatic carbocycles. The second-order valence-corrected chi connectivity index (χ2v) is 4.29. The fourth-order valence-electron chi connectivity index (χ4n) is 1.81. The normalized spacial score (nSPS) is 10.2. The van der Waals surface area contributed by atoms with Gasteiger partial charge in [0.1, 0.15) is 5.82 Å². The third-order valence-electron chi connectivity index (χ3n) is 3.02. The van der Waals surface area contributed by atoms with Crippen molar-refractivity contribution in [3.05, 3.63) is 65.0 Å². The lowest BCUT2D eigenvalue weighted by Crippen LogP contribution is -2.24. The van der Waals surface area contributed by atoms with E-state index < -0.39 is 0 Å². The summed E-state index contributed by atoms with van der Waals surface area (Å²) in [6.45, 7) is 1.94. The lowest BCUT2D eigenvalue weighted by Gasteiger charge is -2.09. The molecule has 4 heteroatoms. The second-order valence-electron chi connectivity index (χ2n) is 4.29. The molecule has 98 valence electrons. The Morgan fingerprint density at radius 1 is 1.21 bits per heavy atom. The predicted octanol–water partition coefficient (Wildman–Crippen LogP) is 2.65. The van der Waals surface area contributed by atoms with E-state index in [0.29, 0.717) is 16.8 Å². The van der Waals surface area contributed by atoms with Gasteiger partial charge in [0.2, 0.25) is 0 Å². The first kappa shape index (κ1) is 13.1. The van der Waals surface area contributed by atoms with Gasteiger partial charge in [0.15, 0.2) is 0 Å². The zero-order valence-electron chi connectivity index (χ0n) is 10.6. The lowest BCUT2D eigenvalue weighted by atomic mass is 10.1. The van der Waals surface area contributed by atoms with Crippen LogP contribution in [0, 0.1) is 12.7 Å². The molecule has 2 rings (SSSR count). The van der Waals surface area contributed by atoms with Gasteiger partial charge in [-0.1, -0.05) is 24.3 Å². The van der Waals surface area contributed by atoms with Crippen LogP contribution >= 0.6 is 0 Å². The zero-order valence-corrected chi connectivity index (χ0v) is 10.6. The van der Waals surface area contributed by atoms with Crippen molar-refractivity contribution in [3.63, 3.8) is 0 Å². The van der Waals surface area contributed by atoms with Gasteiger partial charge in [0.05, 0.1) is 0 Å². The quantitative estimate of drug-likeness (QED) is 0.831. The van der Waals surface area contributed by atoms with Gasteiger partial charge in [-0.3, -0.25) is 4.79 Å². The van der Waals surface area contributed by atoms with Crippen molar-refractivity contribution in [2.24, 2.45) is 0 Å². The van der Waals surface area contributed by atoms with Crippen molar-refractivity contribution in [1.29, 1.82) is 0 Å². The molecule has 0 radical (unpaired) electrons. The van der Waals surface area contributed by atoms with E-state index in [0.717, 1.165) is 5.56 Å². The van der Waals surface area contributed by atoms with Crippen molar-refractivity contribution in [2.75, 3.05) is 5.73 Å². The molecule has 1 amide bonds. The van der Waals surface area contributed by atoms with E-state index in [-0.39, 0.29) is 18.3 Å². The molecule has 3 N–H and O–H groups in total. The molecule has 19 heavy (non-hydrogen) atoms. The summed E-state index contributed by atoms with van der Waals surface area (Å²) in [7, 11) is 0. The van der Waals surface area contributed by atoms with Crippen LogP contribution in [0.4, 0.5) is 10.1 Å². The Labute approximate surface area is 111 Å². The Bertz CT molecular complexity index is 611. The smallest absolute Gasteiger partial charge is 0.251 e. The third-order valence-corrected chi connectivity index (χ3v) is 3.02. The number of benzene rings is 2. The molecule has 0 unspecified atom stereocenters. The first-order valence-electron chi connectivity index (χ1n) is 5.96. The molecule has 0 aliphatic rings. The average molecular weight is 258 g/mol. The average Bonchev–Trinajstić information content (AvgIpc) is 2.40. The van der Waals surface area contributed by atoms with E-state index in [1.807, 2.05) is 0 Å². The summed E-state index contributed by atoms with van der Waals surface area (Å²) in [5.74, 6) is -0.583. The topological polar surface area (TPSA) is 55.1 Å². The fourth-order valence-corrected chi connectivity index (χ4v) is 1.81. The Kier molecular flexibility index (Phi) is 3.80. The summed E-state index contributed by atoms with van der Waals surface area (Å²) >= 11 is 0. The van der Waals surface area contributed by atoms with Crippen LogP contribution in [-0.2, 0) is 6.54 Å². The number of nitrogens with one attached hydrogen (secondary N) is 1. The number of nitrogen functional groups attached to an aromatic ring is 1. The van der Waals surface area contributed by atoms with E-state index in [4.69, 9.17) is 5.73 Å². The molecule has 2 aromatic carbocycles. The van der Waals surface area contributed by atoms with Gasteiger partial charge in [-0.15, -0.1) is 0 Å². The van der Waals surface area contributed by atoms with Crippen LogP contribution in [0.5, 0.6) is 0 Å². The monoisotopic (exact) mass is 258 g/mol. The van der Waals surface area contributed by atoms with Crippen molar-refractivity contribution >= 4 is 11.6 Å². The van der Waals surface area contributed by atoms with Gasteiger partial charge in [0.25, 0.3) is 5.91 Å². The van der Waals surface area contributed by atoms with Gasteiger partial charge in [-0.2, -0.15) is 0 Å². The summed E-state index contributed by atoms with van der Waals surface area (Å²) in [5.41, 5.74) is 8.01. The molecule has 0 atom stereocenters. The molecular formula is C15H15FN2O. The molecule has 0 saturated heterocycles. The third kappa shape index (κ3) is 2.91. The van der Waals surface area contributed by atoms with E-state index in [1.54, 1.807) is 43.3 Å². The minimum absolute atomic E-state index is 0.153. The molecular weight excluding hydrogens is 243 g/mol. The molecule has 0 aromatic heterocycles. The number of nitrogens with two attached hydrogens (primary N) is 1. The minimum atomic E-state index is -0.327. The summed E-state index contributed by atoms with van der Waals surface area (Å²) in [5, 5.41) is 2.69. The zero-order chi connectivity index (χ0) is 13.8. The highest BCUT2D eigenvalue weighted by molar-refractivity contribution is 5.96. The summed E-state index contributed by atoms with van der Waals surface area (Å²) < 4.78 is 13.4. The fraction of sp³-hybridized carbons (Fsp3) is 0.133. The Morgan fingerprint density at radius 3 is 2.68 bits per heavy atom. The molecule has 0 fully saturated rings. The van der Waals surface area contributed by atoms with Crippen molar-refractivity contribution in [2.45, 2.75) is 13.5 Å². The first-order valence-corrected chi connectivity index (χ1v) is 5.96. The number of amides is 1. The van der Waals surface area contributed by atoms with Crippen LogP contribution in [0.1, 0.15) is 21.5 Å². The maximum absolute atomic E-state index is 13.4. The van der Waals surface area contributed by atoms with Gasteiger partial charge in [-0.25, -0.2) is 4.39 Å². The SMILES string of the molecule is Cc1c(N)cccc1C(=O)NCc1ccccc1F. The van der Waals surface area contributed by atoms with Gasteiger partial charge in [-0.05, 0) is 30.7 Å². The number of rotatable bonds is 3. The number of carbonyl (C=O) groups is 1. The molecule has 2 aromatic rings. The summed E-state index contributed by atoms with van der Waals surface area (Å²) in [6, 6.07) is 11.5. The van der Waals surface area contributed by atoms with Crippen LogP contribution in [-0.4, -0.2) is 5.91 Å². The molecule has 0 spiro atoms. The number of carbonyl (C=O) groups excluding carboxylic acids is 1. The molecule has 0 bridgehead atoms. The maximum Gasteiger partial charge on any atom is 0.251 e. The molecule has 3 nitrogen and oxygen atoms in total. The maximum atomic E-state index is 13.4. The molecule has 0 heterocycles. The van der Waals surface area contributed by atoms with Gasteiger partial charge in [0, 0.05) is 23.4 Å². The van der Waals surface area contributed by atoms with E-state index in [2.05, 4.69) is 5.32 Å². The summed E-state index contributed by atoms with van der Waals surface area (Å²) in [4.78, 5) is 12.0. The Balaban J connectivity index is 2.10. The van der Waals surface area contributed by atoms with Crippen LogP contribution in [0.15, 0.2) is 42.5 Å². The molecule has 0 aliphatic heterocycles. The highest BCUT2D eigenvalue weighted by Crippen LogP contribution is 2.15. The Hall–Kier alpha value is -2.36. The van der Waals surface area contributed by atoms with Gasteiger partial charge < -0.3 is 11.1 Å². The number of halogens is 1.